The molecule has 0 radical (unpaired) electrons. The molecule has 1 aromatic heterocycles. The molecule has 0 atom stereocenters. The summed E-state index contributed by atoms with van der Waals surface area (Å²) >= 11 is 1.34. The van der Waals surface area contributed by atoms with Gasteiger partial charge < -0.3 is 14.7 Å². The number of carboxylic acids is 1. The number of hydrogen-bond acceptors (Lipinski definition) is 5. The standard InChI is InChI=1S/C15H22N2O4S/c1-15(2,3)14-16-8-11(22-14)13(20)17(9-12(18)19)10-4-6-21-7-5-10/h8,10H,4-7,9H2,1-3H3,(H,18,19). The van der Waals surface area contributed by atoms with Gasteiger partial charge >= 0.3 is 5.97 Å². The maximum absolute atomic E-state index is 12.7. The van der Waals surface area contributed by atoms with E-state index in [0.29, 0.717) is 30.9 Å². The van der Waals surface area contributed by atoms with Crippen LogP contribution in [0.1, 0.15) is 48.3 Å². The largest absolute Gasteiger partial charge is 0.480 e. The van der Waals surface area contributed by atoms with Crippen molar-refractivity contribution in [2.45, 2.75) is 45.1 Å². The molecule has 1 N–H and O–H groups in total. The molecule has 0 spiro atoms. The molecular formula is C15H22N2O4S. The molecule has 1 fully saturated rings. The molecule has 1 aliphatic heterocycles. The van der Waals surface area contributed by atoms with E-state index < -0.39 is 5.97 Å². The maximum Gasteiger partial charge on any atom is 0.323 e. The Labute approximate surface area is 134 Å². The molecule has 0 bridgehead atoms. The molecule has 0 aromatic carbocycles. The Morgan fingerprint density at radius 2 is 2.05 bits per heavy atom. The molecule has 1 aromatic rings. The van der Waals surface area contributed by atoms with Crippen LogP contribution in [0.5, 0.6) is 0 Å². The number of amides is 1. The van der Waals surface area contributed by atoms with Gasteiger partial charge in [-0.25, -0.2) is 4.98 Å². The molecule has 2 rings (SSSR count). The Morgan fingerprint density at radius 3 is 2.55 bits per heavy atom. The number of aliphatic carboxylic acids is 1. The van der Waals surface area contributed by atoms with E-state index in [1.54, 1.807) is 6.20 Å². The maximum atomic E-state index is 12.7. The van der Waals surface area contributed by atoms with Gasteiger partial charge in [-0.2, -0.15) is 0 Å². The summed E-state index contributed by atoms with van der Waals surface area (Å²) in [7, 11) is 0. The fraction of sp³-hybridized carbons (Fsp3) is 0.667. The number of ether oxygens (including phenoxy) is 1. The van der Waals surface area contributed by atoms with Gasteiger partial charge in [0.05, 0.1) is 11.2 Å². The lowest BCUT2D eigenvalue weighted by atomic mass is 9.98. The smallest absolute Gasteiger partial charge is 0.323 e. The van der Waals surface area contributed by atoms with Crippen LogP contribution in [0.15, 0.2) is 6.20 Å². The van der Waals surface area contributed by atoms with Gasteiger partial charge in [-0.15, -0.1) is 11.3 Å². The second-order valence-electron chi connectivity index (χ2n) is 6.45. The monoisotopic (exact) mass is 326 g/mol. The fourth-order valence-electron chi connectivity index (χ4n) is 2.37. The summed E-state index contributed by atoms with van der Waals surface area (Å²) in [6, 6.07) is -0.0856. The van der Waals surface area contributed by atoms with E-state index in [2.05, 4.69) is 4.98 Å². The van der Waals surface area contributed by atoms with Gasteiger partial charge in [-0.3, -0.25) is 9.59 Å². The van der Waals surface area contributed by atoms with Crippen LogP contribution >= 0.6 is 11.3 Å². The van der Waals surface area contributed by atoms with Gasteiger partial charge in [0, 0.05) is 24.7 Å². The van der Waals surface area contributed by atoms with Crippen LogP contribution in [-0.4, -0.2) is 52.7 Å². The van der Waals surface area contributed by atoms with Crippen LogP contribution in [0, 0.1) is 0 Å². The zero-order valence-corrected chi connectivity index (χ0v) is 14.0. The van der Waals surface area contributed by atoms with E-state index in [4.69, 9.17) is 9.84 Å². The number of carboxylic acid groups (broad SMARTS) is 1. The Bertz CT molecular complexity index is 544. The number of rotatable bonds is 4. The molecule has 1 saturated heterocycles. The highest BCUT2D eigenvalue weighted by molar-refractivity contribution is 7.13. The number of thiazole rings is 1. The van der Waals surface area contributed by atoms with Gasteiger partial charge in [-0.1, -0.05) is 20.8 Å². The van der Waals surface area contributed by atoms with Crippen LogP contribution in [0.3, 0.4) is 0 Å². The third kappa shape index (κ3) is 4.04. The van der Waals surface area contributed by atoms with Crippen molar-refractivity contribution in [3.05, 3.63) is 16.1 Å². The summed E-state index contributed by atoms with van der Waals surface area (Å²) in [6.07, 6.45) is 2.90. The Balaban J connectivity index is 2.20. The zero-order chi connectivity index (χ0) is 16.3. The van der Waals surface area contributed by atoms with Gasteiger partial charge in [0.15, 0.2) is 0 Å². The number of hydrogen-bond donors (Lipinski definition) is 1. The van der Waals surface area contributed by atoms with Crippen molar-refractivity contribution in [1.82, 2.24) is 9.88 Å². The first kappa shape index (κ1) is 16.9. The minimum Gasteiger partial charge on any atom is -0.480 e. The SMILES string of the molecule is CC(C)(C)c1ncc(C(=O)N(CC(=O)O)C2CCOCC2)s1. The van der Waals surface area contributed by atoms with E-state index in [0.717, 1.165) is 5.01 Å². The summed E-state index contributed by atoms with van der Waals surface area (Å²) in [5, 5.41) is 9.98. The quantitative estimate of drug-likeness (QED) is 0.917. The first-order chi connectivity index (χ1) is 10.3. The molecule has 0 aliphatic carbocycles. The highest BCUT2D eigenvalue weighted by Crippen LogP contribution is 2.28. The molecule has 0 unspecified atom stereocenters. The van der Waals surface area contributed by atoms with Crippen molar-refractivity contribution in [2.75, 3.05) is 19.8 Å². The normalized spacial score (nSPS) is 16.5. The summed E-state index contributed by atoms with van der Waals surface area (Å²) in [6.45, 7) is 6.94. The second-order valence-corrected chi connectivity index (χ2v) is 7.48. The highest BCUT2D eigenvalue weighted by Gasteiger charge is 2.30. The zero-order valence-electron chi connectivity index (χ0n) is 13.2. The first-order valence-corrected chi connectivity index (χ1v) is 8.17. The lowest BCUT2D eigenvalue weighted by molar-refractivity contribution is -0.138. The topological polar surface area (TPSA) is 79.7 Å². The van der Waals surface area contributed by atoms with Crippen LogP contribution in [-0.2, 0) is 14.9 Å². The van der Waals surface area contributed by atoms with E-state index in [1.807, 2.05) is 20.8 Å². The summed E-state index contributed by atoms with van der Waals surface area (Å²) in [5.74, 6) is -1.25. The lowest BCUT2D eigenvalue weighted by Gasteiger charge is -2.32. The second kappa shape index (κ2) is 6.75. The fourth-order valence-corrected chi connectivity index (χ4v) is 3.30. The number of aromatic nitrogens is 1. The van der Waals surface area contributed by atoms with Gasteiger partial charge in [-0.05, 0) is 12.8 Å². The predicted octanol–water partition coefficient (Wildman–Crippen LogP) is 2.15. The van der Waals surface area contributed by atoms with Crippen molar-refractivity contribution in [3.8, 4) is 0 Å². The minimum absolute atomic E-state index is 0.0856. The summed E-state index contributed by atoms with van der Waals surface area (Å²) < 4.78 is 5.29. The molecule has 22 heavy (non-hydrogen) atoms. The Morgan fingerprint density at radius 1 is 1.41 bits per heavy atom. The van der Waals surface area contributed by atoms with E-state index in [1.165, 1.54) is 16.2 Å². The van der Waals surface area contributed by atoms with Crippen molar-refractivity contribution in [2.24, 2.45) is 0 Å². The van der Waals surface area contributed by atoms with Crippen LogP contribution in [0.25, 0.3) is 0 Å². The first-order valence-electron chi connectivity index (χ1n) is 7.36. The Kier molecular flexibility index (Phi) is 5.18. The van der Waals surface area contributed by atoms with Crippen LogP contribution in [0.4, 0.5) is 0 Å². The lowest BCUT2D eigenvalue weighted by Crippen LogP contribution is -2.45. The van der Waals surface area contributed by atoms with Crippen molar-refractivity contribution in [1.29, 1.82) is 0 Å². The molecule has 1 amide bonds. The minimum atomic E-state index is -1.000. The average molecular weight is 326 g/mol. The molecule has 0 saturated carbocycles. The molecule has 6 nitrogen and oxygen atoms in total. The third-order valence-corrected chi connectivity index (χ3v) is 4.97. The van der Waals surface area contributed by atoms with Gasteiger partial charge in [0.25, 0.3) is 5.91 Å². The molecule has 122 valence electrons. The van der Waals surface area contributed by atoms with Gasteiger partial charge in [0.2, 0.25) is 0 Å². The Hall–Kier alpha value is -1.47. The average Bonchev–Trinajstić information content (AvgIpc) is 2.94. The molecule has 1 aliphatic rings. The molecule has 7 heteroatoms. The van der Waals surface area contributed by atoms with Crippen molar-refractivity contribution < 1.29 is 19.4 Å². The molecular weight excluding hydrogens is 304 g/mol. The highest BCUT2D eigenvalue weighted by atomic mass is 32.1. The van der Waals surface area contributed by atoms with Crippen molar-refractivity contribution in [3.63, 3.8) is 0 Å². The van der Waals surface area contributed by atoms with Crippen LogP contribution in [0.2, 0.25) is 0 Å². The van der Waals surface area contributed by atoms with Crippen molar-refractivity contribution >= 4 is 23.2 Å². The number of carbonyl (C=O) groups excluding carboxylic acids is 1. The third-order valence-electron chi connectivity index (χ3n) is 3.56. The predicted molar refractivity (Wildman–Crippen MR) is 83.3 cm³/mol. The van der Waals surface area contributed by atoms with E-state index >= 15 is 0 Å². The van der Waals surface area contributed by atoms with E-state index in [9.17, 15) is 9.59 Å². The summed E-state index contributed by atoms with van der Waals surface area (Å²) in [4.78, 5) is 30.1. The molecule has 2 heterocycles. The number of carbonyl (C=O) groups is 2. The van der Waals surface area contributed by atoms with E-state index in [-0.39, 0.29) is 23.9 Å². The van der Waals surface area contributed by atoms with Gasteiger partial charge in [0.1, 0.15) is 11.4 Å². The van der Waals surface area contributed by atoms with Crippen LogP contribution < -0.4 is 0 Å². The summed E-state index contributed by atoms with van der Waals surface area (Å²) in [5.41, 5.74) is -0.125. The number of nitrogens with zero attached hydrogens (tertiary/aromatic N) is 2.